The first-order valence-corrected chi connectivity index (χ1v) is 48.2. The monoisotopic (exact) mass is 2360 g/mol. The van der Waals surface area contributed by atoms with E-state index in [2.05, 4.69) is 350 Å². The second kappa shape index (κ2) is 49.1. The molecular weight excluding hydrogens is 2250 g/mol. The fraction of sp³-hybridized carbons (Fsp3) is 0.203. The van der Waals surface area contributed by atoms with E-state index >= 15 is 0 Å². The first-order chi connectivity index (χ1) is 66.9. The average molecular weight is 2360 g/mol. The van der Waals surface area contributed by atoms with Crippen molar-refractivity contribution in [1.29, 1.82) is 0 Å². The standard InChI is InChI=1S/3C25H18NO.C19H22N.2C17H20N.3Ir/c1-17(18-9-3-2-4-10-18)19-11-8-15-23-24(19)21-13-7-12-20(25(21)27-23)22-14-5-6-16-26-22;1-17(18-8-3-2-4-9-18)19-13-14-20-21-10-7-11-22(23-12-5-6-15-26-23)25(21)27-24(20)16-19;1-17(18-8-3-2-4-9-18)19-13-14-24-22(16-19)20-10-7-11-21(25(20)27-24)23-12-5-6-15-26-23;1-15-14-20-19(17-10-6-3-7-11-17)13-18(15)12-16-8-4-2-5-9-16;1-12(2)9-16-10-17(18-11-14(16)4)15-7-5-13(3)6-8-15;1-12(2)9-16-11-18-17(10-14(16)4)15-7-5-13(3)6-8-15;;;/h2-11,13-17H,1H3;2*2-10,12-17H,1H3;3,6-7,10,13-14,16H,2,4-5,8-9,12H2,1H3;2*5-7,10-12H,9H2,1-4H3;;;/q6*-1;;;. The van der Waals surface area contributed by atoms with Crippen LogP contribution in [-0.2, 0) is 79.6 Å². The first-order valence-electron chi connectivity index (χ1n) is 48.2. The van der Waals surface area contributed by atoms with Gasteiger partial charge in [0.1, 0.15) is 16.7 Å². The number of pyridine rings is 6. The Hall–Kier alpha value is -13.1. The normalized spacial score (nSPS) is 12.4. The van der Waals surface area contributed by atoms with Crippen molar-refractivity contribution in [2.45, 2.75) is 152 Å². The Bertz CT molecular complexity index is 7510. The molecule has 1 saturated carbocycles. The smallest absolute Gasteiger partial charge is 0.121 e. The maximum Gasteiger partial charge on any atom is 0.121 e. The Balaban J connectivity index is 0.000000134. The summed E-state index contributed by atoms with van der Waals surface area (Å²) in [6.07, 6.45) is 21.9. The Labute approximate surface area is 866 Å². The van der Waals surface area contributed by atoms with Gasteiger partial charge in [0.05, 0.1) is 16.7 Å². The van der Waals surface area contributed by atoms with Crippen LogP contribution in [0.25, 0.3) is 133 Å². The van der Waals surface area contributed by atoms with E-state index in [4.69, 9.17) is 13.3 Å². The summed E-state index contributed by atoms with van der Waals surface area (Å²) in [5.74, 6) is 3.12. The van der Waals surface area contributed by atoms with Gasteiger partial charge in [-0.15, -0.1) is 161 Å². The predicted molar refractivity (Wildman–Crippen MR) is 566 cm³/mol. The van der Waals surface area contributed by atoms with E-state index in [-0.39, 0.29) is 66.2 Å². The molecule has 21 aromatic rings. The fourth-order valence-electron chi connectivity index (χ4n) is 18.4. The van der Waals surface area contributed by atoms with Gasteiger partial charge in [0.2, 0.25) is 0 Å². The predicted octanol–water partition coefficient (Wildman–Crippen LogP) is 33.5. The van der Waals surface area contributed by atoms with E-state index in [0.717, 1.165) is 147 Å². The second-order valence-electron chi connectivity index (χ2n) is 37.1. The summed E-state index contributed by atoms with van der Waals surface area (Å²) < 4.78 is 18.8. The molecule has 1 aliphatic carbocycles. The molecule has 22 rings (SSSR count). The summed E-state index contributed by atoms with van der Waals surface area (Å²) in [5.41, 5.74) is 35.2. The van der Waals surface area contributed by atoms with Crippen molar-refractivity contribution in [2.24, 2.45) is 17.8 Å². The van der Waals surface area contributed by atoms with Gasteiger partial charge in [-0.3, -0.25) is 0 Å². The van der Waals surface area contributed by atoms with Gasteiger partial charge in [0, 0.05) is 131 Å². The van der Waals surface area contributed by atoms with Crippen molar-refractivity contribution < 1.29 is 73.6 Å². The summed E-state index contributed by atoms with van der Waals surface area (Å²) in [6.45, 7) is 26.3. The second-order valence-corrected chi connectivity index (χ2v) is 37.1. The largest absolute Gasteiger partial charge is 0.501 e. The molecule has 0 bridgehead atoms. The number of rotatable bonds is 18. The van der Waals surface area contributed by atoms with Crippen LogP contribution in [0.4, 0.5) is 0 Å². The van der Waals surface area contributed by atoms with Gasteiger partial charge in [-0.2, -0.15) is 0 Å². The van der Waals surface area contributed by atoms with Crippen molar-refractivity contribution >= 4 is 65.8 Å². The SMILES string of the molecule is CC(c1ccccc1)c1ccc2c(c1)oc1c(-c3ccccn3)[c-]ccc12.CC(c1ccccc1)c1ccc2oc3c(-c4ccccn4)[c-]ccc3c2c1.CC(c1ccccc1)c1cccc2oc3c(-c4ccccn4)[c-]ccc3c12.Cc1c[c-]c(-c2cc(C)c(CC(C)C)cn2)cc1.Cc1c[c-]c(-c2cc(CC(C)C)c(C)cn2)cc1.Cc1cnc(-c2[c-]cccc2)cc1CC1CCCCC1.[Ir].[Ir].[Ir]. The Morgan fingerprint density at radius 1 is 0.300 bits per heavy atom. The molecule has 1 aliphatic rings. The van der Waals surface area contributed by atoms with Crippen molar-refractivity contribution in [3.8, 4) is 67.5 Å². The van der Waals surface area contributed by atoms with Crippen molar-refractivity contribution in [3.63, 3.8) is 0 Å². The van der Waals surface area contributed by atoms with Gasteiger partial charge in [-0.25, -0.2) is 0 Å². The molecule has 9 heterocycles. The van der Waals surface area contributed by atoms with Crippen LogP contribution in [0.2, 0.25) is 0 Å². The molecule has 12 aromatic carbocycles. The van der Waals surface area contributed by atoms with Crippen LogP contribution in [0.3, 0.4) is 0 Å². The third-order valence-electron chi connectivity index (χ3n) is 26.1. The Morgan fingerprint density at radius 2 is 0.750 bits per heavy atom. The number of furan rings is 3. The van der Waals surface area contributed by atoms with Crippen LogP contribution in [0.1, 0.15) is 176 Å². The van der Waals surface area contributed by atoms with E-state index in [9.17, 15) is 0 Å². The number of nitrogens with zero attached hydrogens (tertiary/aromatic N) is 6. The minimum Gasteiger partial charge on any atom is -0.501 e. The van der Waals surface area contributed by atoms with Crippen LogP contribution in [0.5, 0.6) is 0 Å². The Kier molecular flexibility index (Phi) is 36.1. The van der Waals surface area contributed by atoms with Gasteiger partial charge in [0.25, 0.3) is 0 Å². The van der Waals surface area contributed by atoms with E-state index in [0.29, 0.717) is 23.7 Å². The third kappa shape index (κ3) is 25.2. The molecule has 3 unspecified atom stereocenters. The number of aromatic nitrogens is 6. The average Bonchev–Trinajstić information content (AvgIpc) is 1.62. The quantitative estimate of drug-likeness (QED) is 0.0774. The minimum absolute atomic E-state index is 0. The van der Waals surface area contributed by atoms with Crippen molar-refractivity contribution in [2.75, 3.05) is 0 Å². The van der Waals surface area contributed by atoms with Crippen LogP contribution < -0.4 is 0 Å². The maximum absolute atomic E-state index is 6.29. The molecule has 140 heavy (non-hydrogen) atoms. The van der Waals surface area contributed by atoms with Crippen LogP contribution in [0, 0.1) is 88.8 Å². The van der Waals surface area contributed by atoms with Crippen molar-refractivity contribution in [3.05, 3.63) is 467 Å². The molecule has 3 radical (unpaired) electrons. The molecular formula is C128H116Ir3N6O3-6. The van der Waals surface area contributed by atoms with Crippen LogP contribution in [-0.4, -0.2) is 29.9 Å². The van der Waals surface area contributed by atoms with E-state index < -0.39 is 0 Å². The summed E-state index contributed by atoms with van der Waals surface area (Å²) in [5, 5.41) is 6.75. The van der Waals surface area contributed by atoms with Crippen LogP contribution >= 0.6 is 0 Å². The zero-order chi connectivity index (χ0) is 94.7. The van der Waals surface area contributed by atoms with E-state index in [1.165, 1.54) is 122 Å². The van der Waals surface area contributed by atoms with E-state index in [1.54, 1.807) is 18.6 Å². The zero-order valence-electron chi connectivity index (χ0n) is 81.5. The number of aryl methyl sites for hydroxylation is 5. The van der Waals surface area contributed by atoms with Gasteiger partial charge < -0.3 is 43.2 Å². The summed E-state index contributed by atoms with van der Waals surface area (Å²) in [6, 6.07) is 128. The maximum atomic E-state index is 6.29. The molecule has 0 saturated heterocycles. The van der Waals surface area contributed by atoms with Gasteiger partial charge in [-0.1, -0.05) is 320 Å². The molecule has 0 spiro atoms. The molecule has 3 atom stereocenters. The van der Waals surface area contributed by atoms with Gasteiger partial charge >= 0.3 is 0 Å². The molecule has 1 fully saturated rings. The molecule has 0 amide bonds. The number of fused-ring (bicyclic) bond motifs is 9. The van der Waals surface area contributed by atoms with Gasteiger partial charge in [0.15, 0.2) is 0 Å². The van der Waals surface area contributed by atoms with Crippen LogP contribution in [0.15, 0.2) is 366 Å². The first kappa shape index (κ1) is 103. The van der Waals surface area contributed by atoms with E-state index in [1.807, 2.05) is 134 Å². The summed E-state index contributed by atoms with van der Waals surface area (Å²) in [4.78, 5) is 27.1. The minimum atomic E-state index is 0. The Morgan fingerprint density at radius 3 is 1.26 bits per heavy atom. The molecule has 709 valence electrons. The number of benzene rings is 12. The third-order valence-corrected chi connectivity index (χ3v) is 26.1. The molecule has 12 heteroatoms. The van der Waals surface area contributed by atoms with Gasteiger partial charge in [-0.05, 0) is 184 Å². The fourth-order valence-corrected chi connectivity index (χ4v) is 18.4. The summed E-state index contributed by atoms with van der Waals surface area (Å²) in [7, 11) is 0. The van der Waals surface area contributed by atoms with Crippen molar-refractivity contribution in [1.82, 2.24) is 29.9 Å². The molecule has 0 aliphatic heterocycles. The topological polar surface area (TPSA) is 117 Å². The molecule has 9 nitrogen and oxygen atoms in total. The molecule has 0 N–H and O–H groups in total. The molecule has 9 aromatic heterocycles. The number of hydrogen-bond acceptors (Lipinski definition) is 9. The summed E-state index contributed by atoms with van der Waals surface area (Å²) >= 11 is 0. The number of hydrogen-bond donors (Lipinski definition) is 0. The zero-order valence-corrected chi connectivity index (χ0v) is 88.7.